The van der Waals surface area contributed by atoms with Gasteiger partial charge in [-0.3, -0.25) is 4.79 Å². The van der Waals surface area contributed by atoms with Crippen LogP contribution in [-0.4, -0.2) is 12.6 Å². The van der Waals surface area contributed by atoms with Crippen LogP contribution in [0.3, 0.4) is 0 Å². The molecule has 0 heterocycles. The van der Waals surface area contributed by atoms with Gasteiger partial charge in [-0.2, -0.15) is 5.26 Å². The summed E-state index contributed by atoms with van der Waals surface area (Å²) in [6.07, 6.45) is -0.357. The van der Waals surface area contributed by atoms with Gasteiger partial charge in [0.1, 0.15) is 17.0 Å². The van der Waals surface area contributed by atoms with Gasteiger partial charge in [0.2, 0.25) is 0 Å². The van der Waals surface area contributed by atoms with Crippen LogP contribution in [0.5, 0.6) is 0 Å². The highest BCUT2D eigenvalue weighted by Crippen LogP contribution is 2.33. The summed E-state index contributed by atoms with van der Waals surface area (Å²) in [5.74, 6) is -2.53. The van der Waals surface area contributed by atoms with Crippen molar-refractivity contribution in [3.8, 4) is 6.07 Å². The Balaban J connectivity index is 3.36. The van der Waals surface area contributed by atoms with Crippen LogP contribution < -0.4 is 0 Å². The maximum absolute atomic E-state index is 13.7. The topological polar surface area (TPSA) is 50.1 Å². The lowest BCUT2D eigenvalue weighted by Crippen LogP contribution is -2.36. The fraction of sp³-hybridized carbons (Fsp3) is 0.385. The number of carbonyl (C=O) groups is 1. The van der Waals surface area contributed by atoms with Crippen molar-refractivity contribution in [2.45, 2.75) is 25.7 Å². The lowest BCUT2D eigenvalue weighted by atomic mass is 9.79. The van der Waals surface area contributed by atoms with Crippen molar-refractivity contribution in [3.05, 3.63) is 35.4 Å². The Morgan fingerprint density at radius 2 is 2.00 bits per heavy atom. The number of rotatable bonds is 4. The maximum atomic E-state index is 13.7. The monoisotopic (exact) mass is 253 g/mol. The molecule has 18 heavy (non-hydrogen) atoms. The van der Waals surface area contributed by atoms with Gasteiger partial charge in [-0.15, -0.1) is 0 Å². The second-order valence-corrected chi connectivity index (χ2v) is 3.98. The van der Waals surface area contributed by atoms with E-state index in [1.165, 1.54) is 13.0 Å². The van der Waals surface area contributed by atoms with E-state index in [1.54, 1.807) is 13.0 Å². The van der Waals surface area contributed by atoms with E-state index in [-0.39, 0.29) is 13.0 Å². The van der Waals surface area contributed by atoms with E-state index in [0.717, 1.165) is 12.1 Å². The molecule has 1 aromatic rings. The summed E-state index contributed by atoms with van der Waals surface area (Å²) in [6.45, 7) is 2.97. The molecule has 0 spiro atoms. The second kappa shape index (κ2) is 5.58. The average molecular weight is 253 g/mol. The molecule has 1 rings (SSSR count). The molecular formula is C13H13F2NO2. The van der Waals surface area contributed by atoms with Crippen molar-refractivity contribution < 1.29 is 18.3 Å². The van der Waals surface area contributed by atoms with E-state index < -0.39 is 28.6 Å². The Morgan fingerprint density at radius 1 is 1.44 bits per heavy atom. The van der Waals surface area contributed by atoms with E-state index in [0.29, 0.717) is 0 Å². The number of halogens is 2. The van der Waals surface area contributed by atoms with Crippen LogP contribution in [0.25, 0.3) is 0 Å². The zero-order valence-electron chi connectivity index (χ0n) is 10.2. The maximum Gasteiger partial charge on any atom is 0.317 e. The van der Waals surface area contributed by atoms with Crippen molar-refractivity contribution in [1.29, 1.82) is 5.26 Å². The fourth-order valence-electron chi connectivity index (χ4n) is 1.74. The van der Waals surface area contributed by atoms with E-state index in [2.05, 4.69) is 0 Å². The zero-order chi connectivity index (χ0) is 13.8. The summed E-state index contributed by atoms with van der Waals surface area (Å²) in [5, 5.41) is 8.76. The number of carbonyl (C=O) groups excluding carboxylic acids is 1. The molecule has 0 saturated carbocycles. The van der Waals surface area contributed by atoms with Crippen molar-refractivity contribution in [1.82, 2.24) is 0 Å². The Hall–Kier alpha value is -1.96. The lowest BCUT2D eigenvalue weighted by molar-refractivity contribution is -0.149. The van der Waals surface area contributed by atoms with Gasteiger partial charge in [-0.25, -0.2) is 8.78 Å². The van der Waals surface area contributed by atoms with Crippen LogP contribution in [0.4, 0.5) is 8.78 Å². The molecule has 0 fully saturated rings. The highest BCUT2D eigenvalue weighted by Gasteiger charge is 2.41. The van der Waals surface area contributed by atoms with Crippen LogP contribution in [0.15, 0.2) is 18.2 Å². The summed E-state index contributed by atoms with van der Waals surface area (Å²) >= 11 is 0. The number of ether oxygens (including phenoxy) is 1. The summed E-state index contributed by atoms with van der Waals surface area (Å²) < 4.78 is 32.2. The number of nitrogens with zero attached hydrogens (tertiary/aromatic N) is 1. The van der Waals surface area contributed by atoms with E-state index in [4.69, 9.17) is 10.00 Å². The van der Waals surface area contributed by atoms with Gasteiger partial charge in [-0.1, -0.05) is 6.07 Å². The largest absolute Gasteiger partial charge is 0.465 e. The van der Waals surface area contributed by atoms with Crippen molar-refractivity contribution in [2.24, 2.45) is 0 Å². The Labute approximate surface area is 104 Å². The van der Waals surface area contributed by atoms with Gasteiger partial charge < -0.3 is 4.74 Å². The minimum atomic E-state index is -1.64. The average Bonchev–Trinajstić information content (AvgIpc) is 2.29. The molecule has 0 N–H and O–H groups in total. The summed E-state index contributed by atoms with van der Waals surface area (Å²) in [4.78, 5) is 11.9. The smallest absolute Gasteiger partial charge is 0.317 e. The van der Waals surface area contributed by atoms with Gasteiger partial charge in [0.15, 0.2) is 0 Å². The summed E-state index contributed by atoms with van der Waals surface area (Å²) in [7, 11) is 0. The fourth-order valence-corrected chi connectivity index (χ4v) is 1.74. The number of benzene rings is 1. The molecule has 1 aromatic carbocycles. The summed E-state index contributed by atoms with van der Waals surface area (Å²) in [6, 6.07) is 5.06. The van der Waals surface area contributed by atoms with Crippen LogP contribution in [0.1, 0.15) is 25.8 Å². The Morgan fingerprint density at radius 3 is 2.44 bits per heavy atom. The normalized spacial score (nSPS) is 13.5. The predicted molar refractivity (Wildman–Crippen MR) is 60.6 cm³/mol. The molecule has 1 atom stereocenters. The molecule has 1 unspecified atom stereocenters. The molecule has 0 aliphatic rings. The van der Waals surface area contributed by atoms with Gasteiger partial charge in [0.05, 0.1) is 19.1 Å². The Kier molecular flexibility index (Phi) is 4.38. The van der Waals surface area contributed by atoms with E-state index in [9.17, 15) is 13.6 Å². The van der Waals surface area contributed by atoms with Crippen LogP contribution in [-0.2, 0) is 14.9 Å². The molecule has 5 heteroatoms. The first-order valence-corrected chi connectivity index (χ1v) is 5.46. The quantitative estimate of drug-likeness (QED) is 0.775. The third-order valence-corrected chi connectivity index (χ3v) is 2.67. The Bertz CT molecular complexity index is 476. The molecule has 96 valence electrons. The molecule has 3 nitrogen and oxygen atoms in total. The highest BCUT2D eigenvalue weighted by molar-refractivity contribution is 5.83. The van der Waals surface area contributed by atoms with Crippen molar-refractivity contribution >= 4 is 5.97 Å². The number of nitriles is 1. The zero-order valence-corrected chi connectivity index (χ0v) is 10.2. The molecular weight excluding hydrogens is 240 g/mol. The number of esters is 1. The van der Waals surface area contributed by atoms with Crippen LogP contribution in [0, 0.1) is 23.0 Å². The molecule has 0 saturated heterocycles. The van der Waals surface area contributed by atoms with E-state index in [1.807, 2.05) is 0 Å². The minimum absolute atomic E-state index is 0.0793. The van der Waals surface area contributed by atoms with Gasteiger partial charge in [0.25, 0.3) is 0 Å². The molecule has 0 aliphatic heterocycles. The number of hydrogen-bond acceptors (Lipinski definition) is 3. The minimum Gasteiger partial charge on any atom is -0.465 e. The van der Waals surface area contributed by atoms with Gasteiger partial charge in [0, 0.05) is 5.56 Å². The van der Waals surface area contributed by atoms with Crippen LogP contribution in [0.2, 0.25) is 0 Å². The highest BCUT2D eigenvalue weighted by atomic mass is 19.1. The van der Waals surface area contributed by atoms with Crippen LogP contribution >= 0.6 is 0 Å². The first-order chi connectivity index (χ1) is 8.47. The number of hydrogen-bond donors (Lipinski definition) is 0. The van der Waals surface area contributed by atoms with Crippen molar-refractivity contribution in [3.63, 3.8) is 0 Å². The van der Waals surface area contributed by atoms with Gasteiger partial charge in [-0.05, 0) is 26.0 Å². The molecule has 0 amide bonds. The summed E-state index contributed by atoms with van der Waals surface area (Å²) in [5.41, 5.74) is -2.06. The third-order valence-electron chi connectivity index (χ3n) is 2.67. The molecule has 0 aromatic heterocycles. The standard InChI is InChI=1S/C13H13F2NO2/c1-3-18-12(17)13(2,7-8-16)11-9(14)5-4-6-10(11)15/h4-6H,3,7H2,1-2H3. The molecule has 0 bridgehead atoms. The SMILES string of the molecule is CCOC(=O)C(C)(CC#N)c1c(F)cccc1F. The molecule has 0 radical (unpaired) electrons. The first kappa shape index (κ1) is 14.1. The second-order valence-electron chi connectivity index (χ2n) is 3.98. The van der Waals surface area contributed by atoms with Gasteiger partial charge >= 0.3 is 5.97 Å². The lowest BCUT2D eigenvalue weighted by Gasteiger charge is -2.25. The first-order valence-electron chi connectivity index (χ1n) is 5.46. The van der Waals surface area contributed by atoms with Crippen molar-refractivity contribution in [2.75, 3.05) is 6.61 Å². The predicted octanol–water partition coefficient (Wildman–Crippen LogP) is 2.70. The molecule has 0 aliphatic carbocycles. The van der Waals surface area contributed by atoms with E-state index >= 15 is 0 Å². The third kappa shape index (κ3) is 2.48.